The van der Waals surface area contributed by atoms with E-state index in [0.29, 0.717) is 28.8 Å². The lowest BCUT2D eigenvalue weighted by Crippen LogP contribution is -2.24. The first kappa shape index (κ1) is 17.6. The Morgan fingerprint density at radius 1 is 1.40 bits per heavy atom. The summed E-state index contributed by atoms with van der Waals surface area (Å²) in [5, 5.41) is 19.5. The van der Waals surface area contributed by atoms with Gasteiger partial charge in [0, 0.05) is 30.8 Å². The number of carbonyl (C=O) groups excluding carboxylic acids is 1. The average Bonchev–Trinajstić information content (AvgIpc) is 3.23. The number of aromatic nitrogens is 3. The predicted molar refractivity (Wildman–Crippen MR) is 97.8 cm³/mol. The molecule has 1 amide bonds. The monoisotopic (exact) mass is 378 g/mol. The van der Waals surface area contributed by atoms with E-state index in [1.54, 1.807) is 0 Å². The van der Waals surface area contributed by atoms with Crippen LogP contribution in [0, 0.1) is 0 Å². The first-order valence-electron chi connectivity index (χ1n) is 7.79. The van der Waals surface area contributed by atoms with Gasteiger partial charge in [-0.1, -0.05) is 13.8 Å². The Balaban J connectivity index is 1.66. The first-order valence-corrected chi connectivity index (χ1v) is 9.48. The lowest BCUT2D eigenvalue weighted by atomic mass is 10.1. The molecule has 0 aliphatic carbocycles. The molecule has 0 fully saturated rings. The zero-order chi connectivity index (χ0) is 18.1. The largest absolute Gasteiger partial charge is 0.476 e. The smallest absolute Gasteiger partial charge is 0.355 e. The maximum absolute atomic E-state index is 12.4. The molecule has 0 unspecified atom stereocenters. The third-order valence-corrected chi connectivity index (χ3v) is 5.82. The second-order valence-electron chi connectivity index (χ2n) is 5.93. The summed E-state index contributed by atoms with van der Waals surface area (Å²) in [5.74, 6) is -0.875. The van der Waals surface area contributed by atoms with E-state index in [4.69, 9.17) is 5.11 Å². The maximum Gasteiger partial charge on any atom is 0.355 e. The second kappa shape index (κ2) is 6.93. The lowest BCUT2D eigenvalue weighted by Gasteiger charge is -2.02. The molecule has 0 aliphatic rings. The molecular formula is C16H18N4O3S2. The molecule has 132 valence electrons. The number of hydrogen-bond donors (Lipinski definition) is 2. The van der Waals surface area contributed by atoms with Crippen LogP contribution in [0.25, 0.3) is 10.2 Å². The minimum absolute atomic E-state index is 0.0459. The number of amides is 1. The van der Waals surface area contributed by atoms with Gasteiger partial charge in [0.15, 0.2) is 5.69 Å². The number of carboxylic acids is 1. The molecule has 0 radical (unpaired) electrons. The summed E-state index contributed by atoms with van der Waals surface area (Å²) in [5.41, 5.74) is 1.04. The number of nitrogens with one attached hydrogen (secondary N) is 1. The maximum atomic E-state index is 12.4. The summed E-state index contributed by atoms with van der Waals surface area (Å²) >= 11 is 2.71. The molecule has 0 atom stereocenters. The highest BCUT2D eigenvalue weighted by molar-refractivity contribution is 7.20. The van der Waals surface area contributed by atoms with Gasteiger partial charge < -0.3 is 10.4 Å². The summed E-state index contributed by atoms with van der Waals surface area (Å²) < 4.78 is 1.81. The molecule has 0 saturated carbocycles. The van der Waals surface area contributed by atoms with Crippen molar-refractivity contribution in [1.29, 1.82) is 0 Å². The molecule has 0 saturated heterocycles. The van der Waals surface area contributed by atoms with E-state index in [0.717, 1.165) is 15.9 Å². The number of hydrogen-bond acceptors (Lipinski definition) is 6. The fourth-order valence-corrected chi connectivity index (χ4v) is 4.27. The SMILES string of the molecule is CC(C)c1nn(C)c2sc(C(=O)NCCc3nc(C(=O)O)cs3)cc12. The molecule has 2 N–H and O–H groups in total. The molecule has 0 aromatic carbocycles. The number of nitrogens with zero attached hydrogens (tertiary/aromatic N) is 3. The molecule has 0 aliphatic heterocycles. The van der Waals surface area contributed by atoms with E-state index in [2.05, 4.69) is 29.2 Å². The van der Waals surface area contributed by atoms with E-state index >= 15 is 0 Å². The van der Waals surface area contributed by atoms with Crippen molar-refractivity contribution in [3.8, 4) is 0 Å². The van der Waals surface area contributed by atoms with Gasteiger partial charge in [0.1, 0.15) is 4.83 Å². The van der Waals surface area contributed by atoms with Crippen molar-refractivity contribution < 1.29 is 14.7 Å². The van der Waals surface area contributed by atoms with Gasteiger partial charge in [-0.15, -0.1) is 22.7 Å². The molecular weight excluding hydrogens is 360 g/mol. The Morgan fingerprint density at radius 3 is 2.80 bits per heavy atom. The van der Waals surface area contributed by atoms with E-state index in [9.17, 15) is 9.59 Å². The third-order valence-electron chi connectivity index (χ3n) is 3.71. The highest BCUT2D eigenvalue weighted by Crippen LogP contribution is 2.31. The number of thiophene rings is 1. The molecule has 25 heavy (non-hydrogen) atoms. The lowest BCUT2D eigenvalue weighted by molar-refractivity contribution is 0.0690. The van der Waals surface area contributed by atoms with Crippen molar-refractivity contribution >= 4 is 44.8 Å². The van der Waals surface area contributed by atoms with Gasteiger partial charge in [0.2, 0.25) is 0 Å². The highest BCUT2D eigenvalue weighted by atomic mass is 32.1. The average molecular weight is 378 g/mol. The fourth-order valence-electron chi connectivity index (χ4n) is 2.50. The van der Waals surface area contributed by atoms with Gasteiger partial charge in [0.25, 0.3) is 5.91 Å². The van der Waals surface area contributed by atoms with Crippen LogP contribution in [0.3, 0.4) is 0 Å². The van der Waals surface area contributed by atoms with Crippen LogP contribution in [-0.4, -0.2) is 38.3 Å². The van der Waals surface area contributed by atoms with Gasteiger partial charge in [-0.05, 0) is 12.0 Å². The van der Waals surface area contributed by atoms with Crippen LogP contribution in [0.2, 0.25) is 0 Å². The number of thiazole rings is 1. The first-order chi connectivity index (χ1) is 11.9. The normalized spacial score (nSPS) is 11.4. The van der Waals surface area contributed by atoms with Crippen LogP contribution < -0.4 is 5.32 Å². The van der Waals surface area contributed by atoms with Gasteiger partial charge in [0.05, 0.1) is 15.6 Å². The van der Waals surface area contributed by atoms with Crippen LogP contribution in [0.5, 0.6) is 0 Å². The summed E-state index contributed by atoms with van der Waals surface area (Å²) in [7, 11) is 1.88. The number of aryl methyl sites for hydroxylation is 1. The number of carbonyl (C=O) groups is 2. The van der Waals surface area contributed by atoms with Crippen molar-refractivity contribution in [1.82, 2.24) is 20.1 Å². The van der Waals surface area contributed by atoms with Gasteiger partial charge >= 0.3 is 5.97 Å². The Bertz CT molecular complexity index is 939. The minimum Gasteiger partial charge on any atom is -0.476 e. The highest BCUT2D eigenvalue weighted by Gasteiger charge is 2.18. The Labute approximate surface area is 152 Å². The number of fused-ring (bicyclic) bond motifs is 1. The van der Waals surface area contributed by atoms with Gasteiger partial charge in [-0.3, -0.25) is 9.48 Å². The standard InChI is InChI=1S/C16H18N4O3S2/c1-8(2)13-9-6-11(25-15(9)20(3)19-13)14(21)17-5-4-12-18-10(7-24-12)16(22)23/h6-8H,4-5H2,1-3H3,(H,17,21)(H,22,23). The summed E-state index contributed by atoms with van der Waals surface area (Å²) in [4.78, 5) is 28.8. The second-order valence-corrected chi connectivity index (χ2v) is 7.90. The Kier molecular flexibility index (Phi) is 4.87. The van der Waals surface area contributed by atoms with Gasteiger partial charge in [-0.25, -0.2) is 9.78 Å². The van der Waals surface area contributed by atoms with Crippen LogP contribution in [0.4, 0.5) is 0 Å². The molecule has 9 heteroatoms. The summed E-state index contributed by atoms with van der Waals surface area (Å²) in [6.45, 7) is 4.58. The van der Waals surface area contributed by atoms with Crippen LogP contribution in [-0.2, 0) is 13.5 Å². The van der Waals surface area contributed by atoms with Crippen molar-refractivity contribution in [2.75, 3.05) is 6.54 Å². The van der Waals surface area contributed by atoms with E-state index in [-0.39, 0.29) is 11.6 Å². The molecule has 3 aromatic rings. The molecule has 3 aromatic heterocycles. The molecule has 3 rings (SSSR count). The van der Waals surface area contributed by atoms with Crippen LogP contribution >= 0.6 is 22.7 Å². The van der Waals surface area contributed by atoms with Crippen molar-refractivity contribution in [3.05, 3.63) is 32.7 Å². The molecule has 0 spiro atoms. The number of rotatable bonds is 6. The number of aromatic carboxylic acids is 1. The van der Waals surface area contributed by atoms with Crippen LogP contribution in [0.1, 0.15) is 50.6 Å². The quantitative estimate of drug-likeness (QED) is 0.687. The summed E-state index contributed by atoms with van der Waals surface area (Å²) in [6.07, 6.45) is 0.507. The fraction of sp³-hybridized carbons (Fsp3) is 0.375. The van der Waals surface area contributed by atoms with Crippen molar-refractivity contribution in [3.63, 3.8) is 0 Å². The van der Waals surface area contributed by atoms with Gasteiger partial charge in [-0.2, -0.15) is 5.10 Å². The van der Waals surface area contributed by atoms with E-state index in [1.807, 2.05) is 17.8 Å². The third kappa shape index (κ3) is 3.57. The topological polar surface area (TPSA) is 97.1 Å². The molecule has 7 nitrogen and oxygen atoms in total. The molecule has 3 heterocycles. The van der Waals surface area contributed by atoms with E-state index in [1.165, 1.54) is 28.1 Å². The van der Waals surface area contributed by atoms with E-state index < -0.39 is 5.97 Å². The number of carboxylic acid groups (broad SMARTS) is 1. The predicted octanol–water partition coefficient (Wildman–Crippen LogP) is 2.89. The molecule has 0 bridgehead atoms. The Morgan fingerprint density at radius 2 is 2.16 bits per heavy atom. The Hall–Kier alpha value is -2.26. The van der Waals surface area contributed by atoms with Crippen molar-refractivity contribution in [2.24, 2.45) is 7.05 Å². The zero-order valence-electron chi connectivity index (χ0n) is 14.1. The summed E-state index contributed by atoms with van der Waals surface area (Å²) in [6, 6.07) is 1.89. The van der Waals surface area contributed by atoms with Crippen LogP contribution in [0.15, 0.2) is 11.4 Å². The minimum atomic E-state index is -1.04. The zero-order valence-corrected chi connectivity index (χ0v) is 15.7. The van der Waals surface area contributed by atoms with Crippen molar-refractivity contribution in [2.45, 2.75) is 26.2 Å².